The van der Waals surface area contributed by atoms with Gasteiger partial charge in [0.05, 0.1) is 0 Å². The van der Waals surface area contributed by atoms with Crippen LogP contribution in [0.1, 0.15) is 13.3 Å². The highest BCUT2D eigenvalue weighted by Crippen LogP contribution is 1.94. The maximum absolute atomic E-state index is 11.2. The Balaban J connectivity index is 3.84. The van der Waals surface area contributed by atoms with E-state index in [-0.39, 0.29) is 19.4 Å². The molecule has 0 N–H and O–H groups in total. The van der Waals surface area contributed by atoms with E-state index in [0.29, 0.717) is 6.42 Å². The summed E-state index contributed by atoms with van der Waals surface area (Å²) in [6.45, 7) is 1.86. The van der Waals surface area contributed by atoms with E-state index in [2.05, 4.69) is 0 Å². The van der Waals surface area contributed by atoms with E-state index in [1.165, 1.54) is 16.9 Å². The molecular formula is C9H18N2O4. The summed E-state index contributed by atoms with van der Waals surface area (Å²) in [4.78, 5) is 25.0. The predicted octanol–water partition coefficient (Wildman–Crippen LogP) is 0.485. The van der Waals surface area contributed by atoms with Crippen molar-refractivity contribution in [2.75, 3.05) is 34.7 Å². The van der Waals surface area contributed by atoms with Crippen LogP contribution in [0.3, 0.4) is 0 Å². The molecular weight excluding hydrogens is 200 g/mol. The smallest absolute Gasteiger partial charge is 0.413 e. The predicted molar refractivity (Wildman–Crippen MR) is 54.0 cm³/mol. The first-order valence-electron chi connectivity index (χ1n) is 4.63. The summed E-state index contributed by atoms with van der Waals surface area (Å²) < 4.78 is 9.60. The Kier molecular flexibility index (Phi) is 6.44. The lowest BCUT2D eigenvalue weighted by Crippen LogP contribution is -2.35. The van der Waals surface area contributed by atoms with E-state index in [9.17, 15) is 9.59 Å². The summed E-state index contributed by atoms with van der Waals surface area (Å²) in [6, 6.07) is 0. The molecule has 0 aliphatic heterocycles. The highest BCUT2D eigenvalue weighted by molar-refractivity contribution is 5.75. The average molecular weight is 218 g/mol. The van der Waals surface area contributed by atoms with Crippen LogP contribution in [0.2, 0.25) is 0 Å². The number of carbonyl (C=O) groups excluding carboxylic acids is 2. The first-order valence-corrected chi connectivity index (χ1v) is 4.63. The number of methoxy groups -OCH3 is 1. The van der Waals surface area contributed by atoms with Crippen molar-refractivity contribution in [1.82, 2.24) is 9.80 Å². The quantitative estimate of drug-likeness (QED) is 0.630. The number of amides is 2. The lowest BCUT2D eigenvalue weighted by molar-refractivity contribution is -0.133. The normalized spacial score (nSPS) is 9.60. The lowest BCUT2D eigenvalue weighted by Gasteiger charge is -2.19. The van der Waals surface area contributed by atoms with Crippen LogP contribution >= 0.6 is 0 Å². The topological polar surface area (TPSA) is 59.1 Å². The van der Waals surface area contributed by atoms with Gasteiger partial charge in [0.1, 0.15) is 6.73 Å². The van der Waals surface area contributed by atoms with Gasteiger partial charge in [0, 0.05) is 27.6 Å². The average Bonchev–Trinajstić information content (AvgIpc) is 2.24. The number of carbonyl (C=O) groups is 2. The Bertz CT molecular complexity index is 220. The van der Waals surface area contributed by atoms with Gasteiger partial charge < -0.3 is 14.4 Å². The molecule has 0 heterocycles. The van der Waals surface area contributed by atoms with Gasteiger partial charge in [-0.05, 0) is 0 Å². The number of rotatable bonds is 5. The van der Waals surface area contributed by atoms with Gasteiger partial charge >= 0.3 is 6.09 Å². The van der Waals surface area contributed by atoms with E-state index in [4.69, 9.17) is 9.47 Å². The molecule has 15 heavy (non-hydrogen) atoms. The van der Waals surface area contributed by atoms with Gasteiger partial charge in [0.2, 0.25) is 5.91 Å². The Morgan fingerprint density at radius 2 is 1.73 bits per heavy atom. The van der Waals surface area contributed by atoms with Crippen LogP contribution in [-0.2, 0) is 14.3 Å². The molecule has 0 aliphatic rings. The van der Waals surface area contributed by atoms with Crippen LogP contribution in [0.5, 0.6) is 0 Å². The molecule has 0 atom stereocenters. The van der Waals surface area contributed by atoms with Gasteiger partial charge in [0.25, 0.3) is 0 Å². The van der Waals surface area contributed by atoms with Gasteiger partial charge in [-0.3, -0.25) is 9.69 Å². The molecule has 6 nitrogen and oxygen atoms in total. The monoisotopic (exact) mass is 218 g/mol. The molecule has 6 heteroatoms. The minimum absolute atomic E-state index is 0.0421. The Hall–Kier alpha value is -1.30. The maximum atomic E-state index is 11.2. The fourth-order valence-corrected chi connectivity index (χ4v) is 0.851. The van der Waals surface area contributed by atoms with Crippen LogP contribution < -0.4 is 0 Å². The highest BCUT2D eigenvalue weighted by Gasteiger charge is 2.12. The summed E-state index contributed by atoms with van der Waals surface area (Å²) in [5.41, 5.74) is 0. The molecule has 0 aromatic heterocycles. The SMILES string of the molecule is CCC(=O)N(C)COC(=O)N(C)COC. The number of nitrogens with zero attached hydrogens (tertiary/aromatic N) is 2. The third-order valence-corrected chi connectivity index (χ3v) is 1.74. The summed E-state index contributed by atoms with van der Waals surface area (Å²) >= 11 is 0. The van der Waals surface area contributed by atoms with Crippen molar-refractivity contribution in [1.29, 1.82) is 0 Å². The van der Waals surface area contributed by atoms with Gasteiger partial charge in [-0.1, -0.05) is 6.92 Å². The molecule has 0 bridgehead atoms. The van der Waals surface area contributed by atoms with E-state index in [1.807, 2.05) is 0 Å². The second-order valence-corrected chi connectivity index (χ2v) is 3.10. The first kappa shape index (κ1) is 13.7. The highest BCUT2D eigenvalue weighted by atomic mass is 16.6. The van der Waals surface area contributed by atoms with Gasteiger partial charge in [-0.2, -0.15) is 0 Å². The van der Waals surface area contributed by atoms with Crippen molar-refractivity contribution >= 4 is 12.0 Å². The number of ether oxygens (including phenoxy) is 2. The molecule has 0 aromatic carbocycles. The molecule has 0 aliphatic carbocycles. The largest absolute Gasteiger partial charge is 0.428 e. The van der Waals surface area contributed by atoms with Crippen LogP contribution in [0, 0.1) is 0 Å². The lowest BCUT2D eigenvalue weighted by atomic mass is 10.4. The zero-order valence-corrected chi connectivity index (χ0v) is 9.65. The number of hydrogen-bond donors (Lipinski definition) is 0. The van der Waals surface area contributed by atoms with Crippen molar-refractivity contribution in [3.05, 3.63) is 0 Å². The van der Waals surface area contributed by atoms with E-state index in [1.54, 1.807) is 21.0 Å². The third-order valence-electron chi connectivity index (χ3n) is 1.74. The van der Waals surface area contributed by atoms with Crippen molar-refractivity contribution in [3.63, 3.8) is 0 Å². The molecule has 0 radical (unpaired) electrons. The molecule has 0 rings (SSSR count). The second kappa shape index (κ2) is 7.05. The first-order chi connectivity index (χ1) is 7.02. The maximum Gasteiger partial charge on any atom is 0.413 e. The van der Waals surface area contributed by atoms with Gasteiger partial charge in [-0.15, -0.1) is 0 Å². The van der Waals surface area contributed by atoms with Gasteiger partial charge in [0.15, 0.2) is 6.73 Å². The molecule has 2 amide bonds. The van der Waals surface area contributed by atoms with Crippen LogP contribution in [0.25, 0.3) is 0 Å². The van der Waals surface area contributed by atoms with Crippen molar-refractivity contribution in [3.8, 4) is 0 Å². The summed E-state index contributed by atoms with van der Waals surface area (Å²) in [5, 5.41) is 0. The Morgan fingerprint density at radius 1 is 1.13 bits per heavy atom. The molecule has 0 saturated carbocycles. The van der Waals surface area contributed by atoms with Crippen molar-refractivity contribution in [2.24, 2.45) is 0 Å². The van der Waals surface area contributed by atoms with E-state index in [0.717, 1.165) is 0 Å². The van der Waals surface area contributed by atoms with Crippen molar-refractivity contribution in [2.45, 2.75) is 13.3 Å². The zero-order valence-electron chi connectivity index (χ0n) is 9.65. The minimum Gasteiger partial charge on any atom is -0.428 e. The molecule has 0 spiro atoms. The minimum atomic E-state index is -0.521. The second-order valence-electron chi connectivity index (χ2n) is 3.10. The molecule has 0 unspecified atom stereocenters. The molecule has 0 aromatic rings. The summed E-state index contributed by atoms with van der Waals surface area (Å²) in [7, 11) is 4.61. The molecule has 88 valence electrons. The summed E-state index contributed by atoms with van der Waals surface area (Å²) in [6.07, 6.45) is -0.130. The van der Waals surface area contributed by atoms with Crippen molar-refractivity contribution < 1.29 is 19.1 Å². The molecule has 0 fully saturated rings. The summed E-state index contributed by atoms with van der Waals surface area (Å²) in [5.74, 6) is -0.0720. The third kappa shape index (κ3) is 5.21. The standard InChI is InChI=1S/C9H18N2O4/c1-5-8(12)10(2)7-15-9(13)11(3)6-14-4/h5-7H2,1-4H3. The molecule has 0 saturated heterocycles. The number of hydrogen-bond acceptors (Lipinski definition) is 4. The van der Waals surface area contributed by atoms with E-state index < -0.39 is 6.09 Å². The van der Waals surface area contributed by atoms with Gasteiger partial charge in [-0.25, -0.2) is 4.79 Å². The fourth-order valence-electron chi connectivity index (χ4n) is 0.851. The fraction of sp³-hybridized carbons (Fsp3) is 0.778. The van der Waals surface area contributed by atoms with Crippen LogP contribution in [0.4, 0.5) is 4.79 Å². The van der Waals surface area contributed by atoms with Crippen LogP contribution in [0.15, 0.2) is 0 Å². The van der Waals surface area contributed by atoms with E-state index >= 15 is 0 Å². The van der Waals surface area contributed by atoms with Crippen LogP contribution in [-0.4, -0.2) is 56.5 Å². The Labute approximate surface area is 89.7 Å². The Morgan fingerprint density at radius 3 is 2.20 bits per heavy atom. The zero-order chi connectivity index (χ0) is 11.8.